The second-order valence-corrected chi connectivity index (χ2v) is 6.46. The zero-order valence-electron chi connectivity index (χ0n) is 12.7. The molecule has 0 bridgehead atoms. The van der Waals surface area contributed by atoms with E-state index in [1.807, 2.05) is 37.8 Å². The lowest BCUT2D eigenvalue weighted by molar-refractivity contribution is 0.160. The number of urea groups is 1. The average Bonchev–Trinajstić information content (AvgIpc) is 3.06. The third-order valence-corrected chi connectivity index (χ3v) is 3.64. The fourth-order valence-electron chi connectivity index (χ4n) is 2.78. The summed E-state index contributed by atoms with van der Waals surface area (Å²) in [6.45, 7) is 7.47. The number of amides is 2. The van der Waals surface area contributed by atoms with Gasteiger partial charge < -0.3 is 19.2 Å². The normalized spacial score (nSPS) is 18.4. The van der Waals surface area contributed by atoms with Crippen LogP contribution in [-0.2, 0) is 6.54 Å². The number of aromatic nitrogens is 1. The first kappa shape index (κ1) is 13.8. The molecule has 0 saturated heterocycles. The van der Waals surface area contributed by atoms with Crippen LogP contribution in [0.25, 0.3) is 0 Å². The van der Waals surface area contributed by atoms with Crippen molar-refractivity contribution in [3.05, 3.63) is 48.2 Å². The van der Waals surface area contributed by atoms with Crippen LogP contribution in [0.4, 0.5) is 4.79 Å². The summed E-state index contributed by atoms with van der Waals surface area (Å²) in [5.41, 5.74) is 1.86. The van der Waals surface area contributed by atoms with E-state index < -0.39 is 0 Å². The second kappa shape index (κ2) is 4.98. The average molecular weight is 287 g/mol. The summed E-state index contributed by atoms with van der Waals surface area (Å²) in [6.07, 6.45) is 5.42. The van der Waals surface area contributed by atoms with Crippen molar-refractivity contribution in [3.8, 4) is 0 Å². The first-order chi connectivity index (χ1) is 9.96. The summed E-state index contributed by atoms with van der Waals surface area (Å²) in [5, 5.41) is 3.05. The quantitative estimate of drug-likeness (QED) is 0.876. The van der Waals surface area contributed by atoms with Crippen LogP contribution in [0, 0.1) is 0 Å². The molecule has 0 fully saturated rings. The van der Waals surface area contributed by atoms with Gasteiger partial charge in [0.1, 0.15) is 6.04 Å². The highest BCUT2D eigenvalue weighted by molar-refractivity contribution is 5.76. The van der Waals surface area contributed by atoms with Crippen molar-refractivity contribution >= 4 is 6.03 Å². The summed E-state index contributed by atoms with van der Waals surface area (Å²) in [7, 11) is 0. The molecule has 2 aromatic heterocycles. The Morgan fingerprint density at radius 1 is 1.33 bits per heavy atom. The molecule has 2 amide bonds. The van der Waals surface area contributed by atoms with Gasteiger partial charge in [-0.25, -0.2) is 4.79 Å². The minimum Gasteiger partial charge on any atom is -0.472 e. The minimum absolute atomic E-state index is 0.0406. The molecule has 21 heavy (non-hydrogen) atoms. The standard InChI is InChI=1S/C16H21N3O2/c1-16(2,3)17-15(20)19-9-8-18-7-4-5-13(18)14(19)12-6-10-21-11-12/h4-7,10-11,14H,8-9H2,1-3H3,(H,17,20). The fourth-order valence-corrected chi connectivity index (χ4v) is 2.78. The highest BCUT2D eigenvalue weighted by Crippen LogP contribution is 2.32. The molecule has 0 radical (unpaired) electrons. The van der Waals surface area contributed by atoms with E-state index in [0.29, 0.717) is 6.54 Å². The monoisotopic (exact) mass is 287 g/mol. The Kier molecular flexibility index (Phi) is 3.27. The van der Waals surface area contributed by atoms with Crippen LogP contribution in [-0.4, -0.2) is 27.6 Å². The fraction of sp³-hybridized carbons (Fsp3) is 0.438. The summed E-state index contributed by atoms with van der Waals surface area (Å²) in [6, 6.07) is 5.86. The SMILES string of the molecule is CC(C)(C)NC(=O)N1CCn2cccc2C1c1ccoc1. The molecule has 0 aromatic carbocycles. The number of hydrogen-bond acceptors (Lipinski definition) is 2. The van der Waals surface area contributed by atoms with E-state index >= 15 is 0 Å². The van der Waals surface area contributed by atoms with Gasteiger partial charge in [0.15, 0.2) is 0 Å². The zero-order valence-corrected chi connectivity index (χ0v) is 12.7. The van der Waals surface area contributed by atoms with Gasteiger partial charge in [-0.2, -0.15) is 0 Å². The molecule has 0 spiro atoms. The number of carbonyl (C=O) groups excluding carboxylic acids is 1. The van der Waals surface area contributed by atoms with Gasteiger partial charge in [0.25, 0.3) is 0 Å². The second-order valence-electron chi connectivity index (χ2n) is 6.46. The number of carbonyl (C=O) groups is 1. The summed E-state index contributed by atoms with van der Waals surface area (Å²) in [5.74, 6) is 0. The van der Waals surface area contributed by atoms with Crippen LogP contribution in [0.2, 0.25) is 0 Å². The lowest BCUT2D eigenvalue weighted by Crippen LogP contribution is -2.52. The van der Waals surface area contributed by atoms with Crippen molar-refractivity contribution < 1.29 is 9.21 Å². The van der Waals surface area contributed by atoms with E-state index in [1.54, 1.807) is 12.5 Å². The minimum atomic E-state index is -0.253. The number of hydrogen-bond donors (Lipinski definition) is 1. The van der Waals surface area contributed by atoms with Crippen LogP contribution in [0.1, 0.15) is 38.1 Å². The highest BCUT2D eigenvalue weighted by atomic mass is 16.3. The molecule has 1 aliphatic rings. The molecule has 1 aliphatic heterocycles. The highest BCUT2D eigenvalue weighted by Gasteiger charge is 2.33. The summed E-state index contributed by atoms with van der Waals surface area (Å²) >= 11 is 0. The molecule has 1 unspecified atom stereocenters. The molecule has 1 N–H and O–H groups in total. The molecule has 0 aliphatic carbocycles. The van der Waals surface area contributed by atoms with Crippen molar-refractivity contribution in [2.45, 2.75) is 38.9 Å². The maximum Gasteiger partial charge on any atom is 0.318 e. The molecule has 1 atom stereocenters. The lowest BCUT2D eigenvalue weighted by Gasteiger charge is -2.38. The van der Waals surface area contributed by atoms with Crippen LogP contribution < -0.4 is 5.32 Å². The van der Waals surface area contributed by atoms with Crippen LogP contribution in [0.3, 0.4) is 0 Å². The van der Waals surface area contributed by atoms with Crippen molar-refractivity contribution in [2.75, 3.05) is 6.54 Å². The molecule has 112 valence electrons. The first-order valence-corrected chi connectivity index (χ1v) is 7.21. The smallest absolute Gasteiger partial charge is 0.318 e. The molecular formula is C16H21N3O2. The number of fused-ring (bicyclic) bond motifs is 1. The Hall–Kier alpha value is -2.17. The molecule has 3 rings (SSSR count). The molecule has 2 aromatic rings. The van der Waals surface area contributed by atoms with Crippen molar-refractivity contribution in [3.63, 3.8) is 0 Å². The molecule has 5 nitrogen and oxygen atoms in total. The largest absolute Gasteiger partial charge is 0.472 e. The summed E-state index contributed by atoms with van der Waals surface area (Å²) in [4.78, 5) is 14.5. The first-order valence-electron chi connectivity index (χ1n) is 7.21. The van der Waals surface area contributed by atoms with E-state index in [0.717, 1.165) is 17.8 Å². The molecule has 5 heteroatoms. The summed E-state index contributed by atoms with van der Waals surface area (Å²) < 4.78 is 7.41. The zero-order chi connectivity index (χ0) is 15.0. The van der Waals surface area contributed by atoms with Gasteiger partial charge in [-0.3, -0.25) is 0 Å². The lowest BCUT2D eigenvalue weighted by atomic mass is 10.0. The Morgan fingerprint density at radius 2 is 2.14 bits per heavy atom. The van der Waals surface area contributed by atoms with Crippen molar-refractivity contribution in [2.24, 2.45) is 0 Å². The number of rotatable bonds is 1. The van der Waals surface area contributed by atoms with E-state index in [2.05, 4.69) is 22.1 Å². The predicted octanol–water partition coefficient (Wildman–Crippen LogP) is 2.99. The maximum atomic E-state index is 12.6. The van der Waals surface area contributed by atoms with Crippen molar-refractivity contribution in [1.29, 1.82) is 0 Å². The third kappa shape index (κ3) is 2.68. The molecular weight excluding hydrogens is 266 g/mol. The van der Waals surface area contributed by atoms with Gasteiger partial charge in [-0.1, -0.05) is 0 Å². The number of nitrogens with one attached hydrogen (secondary N) is 1. The van der Waals surface area contributed by atoms with E-state index in [4.69, 9.17) is 4.42 Å². The van der Waals surface area contributed by atoms with Gasteiger partial charge in [0.2, 0.25) is 0 Å². The van der Waals surface area contributed by atoms with E-state index in [1.165, 1.54) is 0 Å². The predicted molar refractivity (Wildman–Crippen MR) is 80.0 cm³/mol. The molecule has 3 heterocycles. The van der Waals surface area contributed by atoms with Gasteiger partial charge in [-0.05, 0) is 39.0 Å². The van der Waals surface area contributed by atoms with Gasteiger partial charge >= 0.3 is 6.03 Å². The Balaban J connectivity index is 1.95. The van der Waals surface area contributed by atoms with Crippen molar-refractivity contribution in [1.82, 2.24) is 14.8 Å². The van der Waals surface area contributed by atoms with Crippen LogP contribution in [0.15, 0.2) is 41.3 Å². The number of nitrogens with zero attached hydrogens (tertiary/aromatic N) is 2. The van der Waals surface area contributed by atoms with Crippen LogP contribution in [0.5, 0.6) is 0 Å². The Morgan fingerprint density at radius 3 is 2.81 bits per heavy atom. The Labute approximate surface area is 124 Å². The van der Waals surface area contributed by atoms with Crippen LogP contribution >= 0.6 is 0 Å². The molecule has 0 saturated carbocycles. The van der Waals surface area contributed by atoms with Gasteiger partial charge in [-0.15, -0.1) is 0 Å². The topological polar surface area (TPSA) is 50.4 Å². The van der Waals surface area contributed by atoms with Gasteiger partial charge in [0.05, 0.1) is 12.5 Å². The van der Waals surface area contributed by atoms with Gasteiger partial charge in [0, 0.05) is 36.1 Å². The number of furan rings is 1. The third-order valence-electron chi connectivity index (χ3n) is 3.64. The van der Waals surface area contributed by atoms with E-state index in [9.17, 15) is 4.79 Å². The Bertz CT molecular complexity index is 622. The maximum absolute atomic E-state index is 12.6. The van der Waals surface area contributed by atoms with E-state index in [-0.39, 0.29) is 17.6 Å².